The summed E-state index contributed by atoms with van der Waals surface area (Å²) >= 11 is 1.69. The minimum Gasteiger partial charge on any atom is -0.381 e. The van der Waals surface area contributed by atoms with Gasteiger partial charge in [0, 0.05) is 37.9 Å². The van der Waals surface area contributed by atoms with Crippen molar-refractivity contribution in [3.05, 3.63) is 21.9 Å². The Balaban J connectivity index is 0.00000288. The van der Waals surface area contributed by atoms with Crippen LogP contribution >= 0.6 is 35.3 Å². The van der Waals surface area contributed by atoms with Gasteiger partial charge in [-0.1, -0.05) is 0 Å². The summed E-state index contributed by atoms with van der Waals surface area (Å²) in [5.74, 6) is 0.618. The molecule has 0 amide bonds. The predicted molar refractivity (Wildman–Crippen MR) is 110 cm³/mol. The first-order chi connectivity index (χ1) is 10.9. The number of guanidine groups is 1. The second-order valence-corrected chi connectivity index (χ2v) is 9.28. The van der Waals surface area contributed by atoms with Crippen molar-refractivity contribution in [3.8, 4) is 0 Å². The lowest BCUT2D eigenvalue weighted by Crippen LogP contribution is -2.53. The molecule has 1 aliphatic rings. The van der Waals surface area contributed by atoms with Gasteiger partial charge >= 0.3 is 0 Å². The highest BCUT2D eigenvalue weighted by Crippen LogP contribution is 2.28. The Morgan fingerprint density at radius 2 is 2.04 bits per heavy atom. The standard InChI is InChI=1S/C15H25N3O3S2.HI/c1-12-4-9-22-13(12)10-17-14(16-2)18-11-15(23(3,19)20)5-7-21-8-6-15;/h4,9H,5-8,10-11H2,1-3H3,(H2,16,17,18);1H. The van der Waals surface area contributed by atoms with Crippen molar-refractivity contribution in [2.24, 2.45) is 4.99 Å². The summed E-state index contributed by atoms with van der Waals surface area (Å²) in [5.41, 5.74) is 1.25. The van der Waals surface area contributed by atoms with Crippen LogP contribution in [0.2, 0.25) is 0 Å². The van der Waals surface area contributed by atoms with Gasteiger partial charge in [-0.3, -0.25) is 4.99 Å². The van der Waals surface area contributed by atoms with Crippen molar-refractivity contribution >= 4 is 51.1 Å². The van der Waals surface area contributed by atoms with Crippen molar-refractivity contribution in [3.63, 3.8) is 0 Å². The Bertz CT molecular complexity index is 653. The molecule has 1 aromatic rings. The number of aryl methyl sites for hydroxylation is 1. The lowest BCUT2D eigenvalue weighted by Gasteiger charge is -2.35. The van der Waals surface area contributed by atoms with Gasteiger partial charge in [0.2, 0.25) is 0 Å². The molecule has 2 rings (SSSR count). The van der Waals surface area contributed by atoms with E-state index >= 15 is 0 Å². The number of aliphatic imine (C=N–C) groups is 1. The molecule has 0 saturated carbocycles. The number of hydrogen-bond acceptors (Lipinski definition) is 5. The molecule has 138 valence electrons. The van der Waals surface area contributed by atoms with Gasteiger partial charge in [0.25, 0.3) is 0 Å². The van der Waals surface area contributed by atoms with E-state index in [2.05, 4.69) is 34.0 Å². The van der Waals surface area contributed by atoms with Crippen LogP contribution in [0.5, 0.6) is 0 Å². The van der Waals surface area contributed by atoms with Crippen LogP contribution in [0.15, 0.2) is 16.4 Å². The topological polar surface area (TPSA) is 79.8 Å². The minimum atomic E-state index is -3.18. The first kappa shape index (κ1) is 21.7. The molecule has 0 spiro atoms. The summed E-state index contributed by atoms with van der Waals surface area (Å²) in [7, 11) is -1.49. The molecule has 1 aromatic heterocycles. The van der Waals surface area contributed by atoms with Crippen molar-refractivity contribution < 1.29 is 13.2 Å². The minimum absolute atomic E-state index is 0. The summed E-state index contributed by atoms with van der Waals surface area (Å²) in [5, 5.41) is 8.48. The Morgan fingerprint density at radius 1 is 1.38 bits per heavy atom. The van der Waals surface area contributed by atoms with Gasteiger partial charge in [-0.15, -0.1) is 35.3 Å². The molecule has 1 fully saturated rings. The lowest BCUT2D eigenvalue weighted by molar-refractivity contribution is 0.0756. The fourth-order valence-electron chi connectivity index (χ4n) is 2.64. The summed E-state index contributed by atoms with van der Waals surface area (Å²) in [6, 6.07) is 2.08. The zero-order valence-electron chi connectivity index (χ0n) is 14.3. The molecule has 2 N–H and O–H groups in total. The quantitative estimate of drug-likeness (QED) is 0.377. The average molecular weight is 487 g/mol. The van der Waals surface area contributed by atoms with Crippen LogP contribution in [0.1, 0.15) is 23.3 Å². The van der Waals surface area contributed by atoms with Gasteiger partial charge in [0.05, 0.1) is 11.3 Å². The number of halogens is 1. The van der Waals surface area contributed by atoms with Gasteiger partial charge < -0.3 is 15.4 Å². The molecule has 1 aliphatic heterocycles. The predicted octanol–water partition coefficient (Wildman–Crippen LogP) is 1.93. The third-order valence-electron chi connectivity index (χ3n) is 4.38. The van der Waals surface area contributed by atoms with E-state index < -0.39 is 14.6 Å². The van der Waals surface area contributed by atoms with Crippen molar-refractivity contribution in [1.29, 1.82) is 0 Å². The fourth-order valence-corrected chi connectivity index (χ4v) is 4.73. The summed E-state index contributed by atoms with van der Waals surface area (Å²) in [4.78, 5) is 5.43. The second-order valence-electron chi connectivity index (χ2n) is 5.87. The van der Waals surface area contributed by atoms with Crippen LogP contribution in [0.4, 0.5) is 0 Å². The van der Waals surface area contributed by atoms with E-state index in [4.69, 9.17) is 4.74 Å². The number of nitrogens with one attached hydrogen (secondary N) is 2. The van der Waals surface area contributed by atoms with E-state index in [0.717, 1.165) is 0 Å². The van der Waals surface area contributed by atoms with E-state index in [1.807, 2.05) is 0 Å². The van der Waals surface area contributed by atoms with Gasteiger partial charge in [-0.2, -0.15) is 0 Å². The molecule has 2 heterocycles. The zero-order chi connectivity index (χ0) is 16.9. The molecule has 0 unspecified atom stereocenters. The van der Waals surface area contributed by atoms with Gasteiger partial charge in [-0.25, -0.2) is 8.42 Å². The van der Waals surface area contributed by atoms with Crippen LogP contribution in [-0.2, 0) is 21.1 Å². The van der Waals surface area contributed by atoms with E-state index in [1.165, 1.54) is 16.7 Å². The van der Waals surface area contributed by atoms with Crippen LogP contribution < -0.4 is 10.6 Å². The molecule has 9 heteroatoms. The van der Waals surface area contributed by atoms with Gasteiger partial charge in [0.15, 0.2) is 15.8 Å². The van der Waals surface area contributed by atoms with Crippen molar-refractivity contribution in [2.45, 2.75) is 31.1 Å². The van der Waals surface area contributed by atoms with Crippen LogP contribution in [0.3, 0.4) is 0 Å². The number of hydrogen-bond donors (Lipinski definition) is 2. The zero-order valence-corrected chi connectivity index (χ0v) is 18.3. The Kier molecular flexibility index (Phi) is 8.43. The monoisotopic (exact) mass is 487 g/mol. The average Bonchev–Trinajstić information content (AvgIpc) is 2.92. The maximum absolute atomic E-state index is 12.2. The molecular formula is C15H26IN3O3S2. The summed E-state index contributed by atoms with van der Waals surface area (Å²) in [6.45, 7) is 4.06. The number of ether oxygens (including phenoxy) is 1. The smallest absolute Gasteiger partial charge is 0.191 e. The van der Waals surface area contributed by atoms with E-state index in [0.29, 0.717) is 45.1 Å². The van der Waals surface area contributed by atoms with Crippen LogP contribution in [0.25, 0.3) is 0 Å². The Morgan fingerprint density at radius 3 is 2.54 bits per heavy atom. The van der Waals surface area contributed by atoms with Crippen molar-refractivity contribution in [2.75, 3.05) is 33.1 Å². The molecule has 1 saturated heterocycles. The fraction of sp³-hybridized carbons (Fsp3) is 0.667. The van der Waals surface area contributed by atoms with Crippen LogP contribution in [-0.4, -0.2) is 52.2 Å². The first-order valence-electron chi connectivity index (χ1n) is 7.63. The summed E-state index contributed by atoms with van der Waals surface area (Å²) < 4.78 is 29.0. The second kappa shape index (κ2) is 9.35. The molecule has 0 atom stereocenters. The maximum Gasteiger partial charge on any atom is 0.191 e. The normalized spacial score (nSPS) is 17.9. The van der Waals surface area contributed by atoms with E-state index in [-0.39, 0.29) is 24.0 Å². The van der Waals surface area contributed by atoms with Gasteiger partial charge in [-0.05, 0) is 36.8 Å². The van der Waals surface area contributed by atoms with Crippen molar-refractivity contribution in [1.82, 2.24) is 10.6 Å². The summed E-state index contributed by atoms with van der Waals surface area (Å²) in [6.07, 6.45) is 2.34. The molecule has 0 radical (unpaired) electrons. The number of rotatable bonds is 5. The molecular weight excluding hydrogens is 461 g/mol. The molecule has 6 nitrogen and oxygen atoms in total. The number of nitrogens with zero attached hydrogens (tertiary/aromatic N) is 1. The van der Waals surface area contributed by atoms with Crippen LogP contribution in [0, 0.1) is 6.92 Å². The van der Waals surface area contributed by atoms with Gasteiger partial charge in [0.1, 0.15) is 0 Å². The highest BCUT2D eigenvalue weighted by molar-refractivity contribution is 14.0. The number of thiophene rings is 1. The molecule has 0 aliphatic carbocycles. The molecule has 24 heavy (non-hydrogen) atoms. The maximum atomic E-state index is 12.2. The third kappa shape index (κ3) is 5.30. The van der Waals surface area contributed by atoms with E-state index in [9.17, 15) is 8.42 Å². The first-order valence-corrected chi connectivity index (χ1v) is 10.4. The SMILES string of the molecule is CN=C(NCc1sccc1C)NCC1(S(C)(=O)=O)CCOCC1.I. The third-order valence-corrected chi connectivity index (χ3v) is 7.53. The van der Waals surface area contributed by atoms with E-state index in [1.54, 1.807) is 18.4 Å². The highest BCUT2D eigenvalue weighted by Gasteiger charge is 2.42. The lowest BCUT2D eigenvalue weighted by atomic mass is 9.99. The Labute approximate surface area is 165 Å². The molecule has 0 aromatic carbocycles. The molecule has 0 bridgehead atoms. The highest BCUT2D eigenvalue weighted by atomic mass is 127. The largest absolute Gasteiger partial charge is 0.381 e. The number of sulfone groups is 1. The Hall–Kier alpha value is -0.390.